The Bertz CT molecular complexity index is 862. The van der Waals surface area contributed by atoms with Gasteiger partial charge in [-0.25, -0.2) is 4.68 Å². The Hall–Kier alpha value is -2.22. The van der Waals surface area contributed by atoms with Gasteiger partial charge in [-0.1, -0.05) is 54.8 Å². The number of aromatic nitrogens is 2. The van der Waals surface area contributed by atoms with Gasteiger partial charge in [-0.05, 0) is 18.4 Å². The summed E-state index contributed by atoms with van der Waals surface area (Å²) in [5, 5.41) is 9.75. The first kappa shape index (κ1) is 19.1. The number of carbonyl (C=O) groups is 1. The molecule has 0 unspecified atom stereocenters. The predicted molar refractivity (Wildman–Crippen MR) is 99.5 cm³/mol. The Balaban J connectivity index is 1.68. The number of fused-ring (bicyclic) bond motifs is 1. The van der Waals surface area contributed by atoms with E-state index in [2.05, 4.69) is 15.7 Å². The van der Waals surface area contributed by atoms with Crippen molar-refractivity contribution in [1.82, 2.24) is 15.1 Å². The van der Waals surface area contributed by atoms with E-state index in [1.807, 2.05) is 0 Å². The molecule has 2 aromatic rings. The summed E-state index contributed by atoms with van der Waals surface area (Å²) >= 11 is 6.32. The van der Waals surface area contributed by atoms with Gasteiger partial charge >= 0.3 is 6.18 Å². The third-order valence-corrected chi connectivity index (χ3v) is 5.76. The lowest BCUT2D eigenvalue weighted by molar-refractivity contribution is -0.173. The Morgan fingerprint density at radius 1 is 1.21 bits per heavy atom. The van der Waals surface area contributed by atoms with Gasteiger partial charge in [0, 0.05) is 12.5 Å². The Morgan fingerprint density at radius 3 is 2.54 bits per heavy atom. The molecule has 4 rings (SSSR count). The molecule has 28 heavy (non-hydrogen) atoms. The Morgan fingerprint density at radius 2 is 1.89 bits per heavy atom. The zero-order chi connectivity index (χ0) is 19.9. The summed E-state index contributed by atoms with van der Waals surface area (Å²) in [7, 11) is 0. The molecule has 1 aliphatic carbocycles. The highest BCUT2D eigenvalue weighted by molar-refractivity contribution is 6.36. The highest BCUT2D eigenvalue weighted by atomic mass is 35.5. The molecule has 1 fully saturated rings. The van der Waals surface area contributed by atoms with Crippen LogP contribution in [0.5, 0.6) is 0 Å². The number of alkyl halides is 3. The molecule has 1 aromatic carbocycles. The molecule has 150 valence electrons. The van der Waals surface area contributed by atoms with Gasteiger partial charge in [-0.15, -0.1) is 0 Å². The summed E-state index contributed by atoms with van der Waals surface area (Å²) < 4.78 is 42.1. The molecule has 0 saturated heterocycles. The fourth-order valence-electron chi connectivity index (χ4n) is 3.96. The third-order valence-electron chi connectivity index (χ3n) is 5.40. The van der Waals surface area contributed by atoms with E-state index >= 15 is 0 Å². The second kappa shape index (κ2) is 7.31. The number of anilines is 1. The maximum Gasteiger partial charge on any atom is 0.410 e. The second-order valence-electron chi connectivity index (χ2n) is 7.31. The topological polar surface area (TPSA) is 59.0 Å². The molecule has 2 aliphatic rings. The van der Waals surface area contributed by atoms with Crippen molar-refractivity contribution >= 4 is 23.3 Å². The zero-order valence-corrected chi connectivity index (χ0v) is 15.7. The number of amides is 1. The molecule has 0 spiro atoms. The normalized spacial score (nSPS) is 22.6. The molecule has 1 aromatic heterocycles. The summed E-state index contributed by atoms with van der Waals surface area (Å²) in [6.07, 6.45) is -0.989. The van der Waals surface area contributed by atoms with Crippen molar-refractivity contribution in [2.24, 2.45) is 0 Å². The molecule has 2 N–H and O–H groups in total. The van der Waals surface area contributed by atoms with Gasteiger partial charge in [0.15, 0.2) is 11.7 Å². The quantitative estimate of drug-likeness (QED) is 0.756. The number of nitrogens with zero attached hydrogens (tertiary/aromatic N) is 2. The third kappa shape index (κ3) is 3.57. The van der Waals surface area contributed by atoms with Crippen LogP contribution in [0.3, 0.4) is 0 Å². The molecule has 9 heteroatoms. The Labute approximate surface area is 165 Å². The molecule has 0 bridgehead atoms. The summed E-state index contributed by atoms with van der Waals surface area (Å²) in [4.78, 5) is 12.6. The van der Waals surface area contributed by atoms with Crippen molar-refractivity contribution in [2.75, 3.05) is 5.32 Å². The highest BCUT2D eigenvalue weighted by Gasteiger charge is 2.47. The largest absolute Gasteiger partial charge is 0.410 e. The van der Waals surface area contributed by atoms with E-state index in [0.29, 0.717) is 0 Å². The smallest absolute Gasteiger partial charge is 0.362 e. The number of rotatable bonds is 3. The first-order valence-electron chi connectivity index (χ1n) is 9.31. The fourth-order valence-corrected chi connectivity index (χ4v) is 4.23. The van der Waals surface area contributed by atoms with Crippen LogP contribution in [0.1, 0.15) is 60.2 Å². The van der Waals surface area contributed by atoms with E-state index in [0.717, 1.165) is 35.9 Å². The van der Waals surface area contributed by atoms with Crippen molar-refractivity contribution in [3.63, 3.8) is 0 Å². The molecule has 5 nitrogen and oxygen atoms in total. The predicted octanol–water partition coefficient (Wildman–Crippen LogP) is 4.87. The van der Waals surface area contributed by atoms with Gasteiger partial charge in [-0.2, -0.15) is 18.3 Å². The molecule has 1 amide bonds. The van der Waals surface area contributed by atoms with Crippen LogP contribution in [0.2, 0.25) is 5.02 Å². The molecule has 2 atom stereocenters. The van der Waals surface area contributed by atoms with Crippen LogP contribution in [0.15, 0.2) is 30.3 Å². The van der Waals surface area contributed by atoms with Gasteiger partial charge < -0.3 is 10.6 Å². The van der Waals surface area contributed by atoms with Crippen LogP contribution in [-0.4, -0.2) is 27.9 Å². The average molecular weight is 413 g/mol. The molecule has 2 heterocycles. The molecule has 1 aliphatic heterocycles. The van der Waals surface area contributed by atoms with E-state index in [4.69, 9.17) is 11.6 Å². The lowest BCUT2D eigenvalue weighted by Gasteiger charge is -2.33. The van der Waals surface area contributed by atoms with Crippen LogP contribution < -0.4 is 10.6 Å². The van der Waals surface area contributed by atoms with Crippen molar-refractivity contribution < 1.29 is 18.0 Å². The van der Waals surface area contributed by atoms with Gasteiger partial charge in [0.2, 0.25) is 0 Å². The first-order valence-corrected chi connectivity index (χ1v) is 9.69. The lowest BCUT2D eigenvalue weighted by atomic mass is 9.97. The SMILES string of the molecule is O=C(NC1CCCC1)c1nn2c(c1Cl)N[C@@H](c1ccccc1)C[C@H]2C(F)(F)F. The van der Waals surface area contributed by atoms with Gasteiger partial charge in [-0.3, -0.25) is 4.79 Å². The number of benzene rings is 1. The number of carbonyl (C=O) groups excluding carboxylic acids is 1. The molecular formula is C19H20ClF3N4O. The molecular weight excluding hydrogens is 393 g/mol. The van der Waals surface area contributed by atoms with E-state index in [-0.39, 0.29) is 29.0 Å². The van der Waals surface area contributed by atoms with Crippen molar-refractivity contribution in [3.8, 4) is 0 Å². The highest BCUT2D eigenvalue weighted by Crippen LogP contribution is 2.46. The number of nitrogens with one attached hydrogen (secondary N) is 2. The van der Waals surface area contributed by atoms with Gasteiger partial charge in [0.1, 0.15) is 10.8 Å². The number of halogens is 4. The maximum atomic E-state index is 13.7. The fraction of sp³-hybridized carbons (Fsp3) is 0.474. The van der Waals surface area contributed by atoms with Crippen molar-refractivity contribution in [3.05, 3.63) is 46.6 Å². The number of hydrogen-bond acceptors (Lipinski definition) is 3. The summed E-state index contributed by atoms with van der Waals surface area (Å²) in [6, 6.07) is 6.44. The van der Waals surface area contributed by atoms with Crippen LogP contribution in [0, 0.1) is 0 Å². The van der Waals surface area contributed by atoms with E-state index < -0.39 is 24.2 Å². The van der Waals surface area contributed by atoms with Crippen LogP contribution >= 0.6 is 11.6 Å². The van der Waals surface area contributed by atoms with Gasteiger partial charge in [0.25, 0.3) is 5.91 Å². The van der Waals surface area contributed by atoms with Crippen LogP contribution in [0.25, 0.3) is 0 Å². The minimum Gasteiger partial charge on any atom is -0.362 e. The zero-order valence-electron chi connectivity index (χ0n) is 15.0. The summed E-state index contributed by atoms with van der Waals surface area (Å²) in [5.41, 5.74) is 0.552. The Kier molecular flexibility index (Phi) is 4.99. The van der Waals surface area contributed by atoms with E-state index in [1.54, 1.807) is 30.3 Å². The summed E-state index contributed by atoms with van der Waals surface area (Å²) in [5.74, 6) is -0.501. The minimum absolute atomic E-state index is 0.0192. The number of hydrogen-bond donors (Lipinski definition) is 2. The lowest BCUT2D eigenvalue weighted by Crippen LogP contribution is -2.36. The summed E-state index contributed by atoms with van der Waals surface area (Å²) in [6.45, 7) is 0. The standard InChI is InChI=1S/C19H20ClF3N4O/c20-15-16(18(28)24-12-8-4-5-9-12)26-27-14(19(21,22)23)10-13(25-17(15)27)11-6-2-1-3-7-11/h1-3,6-7,12-14,25H,4-5,8-10H2,(H,24,28)/t13-,14+/m1/s1. The molecule has 0 radical (unpaired) electrons. The van der Waals surface area contributed by atoms with Crippen LogP contribution in [0.4, 0.5) is 19.0 Å². The minimum atomic E-state index is -4.52. The monoisotopic (exact) mass is 412 g/mol. The van der Waals surface area contributed by atoms with E-state index in [9.17, 15) is 18.0 Å². The first-order chi connectivity index (χ1) is 13.3. The van der Waals surface area contributed by atoms with Crippen LogP contribution in [-0.2, 0) is 0 Å². The molecule has 1 saturated carbocycles. The van der Waals surface area contributed by atoms with E-state index in [1.165, 1.54) is 0 Å². The average Bonchev–Trinajstić information content (AvgIpc) is 3.29. The van der Waals surface area contributed by atoms with Crippen molar-refractivity contribution in [2.45, 2.75) is 56.4 Å². The van der Waals surface area contributed by atoms with Crippen molar-refractivity contribution in [1.29, 1.82) is 0 Å². The van der Waals surface area contributed by atoms with Gasteiger partial charge in [0.05, 0.1) is 6.04 Å². The maximum absolute atomic E-state index is 13.7. The second-order valence-corrected chi connectivity index (χ2v) is 7.69.